The van der Waals surface area contributed by atoms with Crippen LogP contribution in [0.15, 0.2) is 53.9 Å². The lowest BCUT2D eigenvalue weighted by atomic mass is 10.2. The Morgan fingerprint density at radius 2 is 2.00 bits per heavy atom. The van der Waals surface area contributed by atoms with Crippen LogP contribution in [0.2, 0.25) is 0 Å². The average Bonchev–Trinajstić information content (AvgIpc) is 3.44. The normalized spacial score (nSPS) is 13.2. The second kappa shape index (κ2) is 8.44. The van der Waals surface area contributed by atoms with Crippen LogP contribution < -0.4 is 14.8 Å². The Labute approximate surface area is 168 Å². The number of hydrogen-bond donors (Lipinski definition) is 1. The molecule has 1 aliphatic carbocycles. The Morgan fingerprint density at radius 1 is 1.18 bits per heavy atom. The van der Waals surface area contributed by atoms with E-state index in [2.05, 4.69) is 10.3 Å². The van der Waals surface area contributed by atoms with Crippen LogP contribution in [-0.4, -0.2) is 24.5 Å². The zero-order valence-electron chi connectivity index (χ0n) is 15.7. The van der Waals surface area contributed by atoms with Gasteiger partial charge in [-0.1, -0.05) is 12.1 Å². The Kier molecular flexibility index (Phi) is 5.58. The molecule has 1 fully saturated rings. The lowest BCUT2D eigenvalue weighted by Crippen LogP contribution is -2.25. The third-order valence-corrected chi connectivity index (χ3v) is 5.52. The van der Waals surface area contributed by atoms with Gasteiger partial charge in [-0.2, -0.15) is 0 Å². The minimum atomic E-state index is -0.0901. The van der Waals surface area contributed by atoms with Crippen LogP contribution in [0.25, 0.3) is 10.6 Å². The fourth-order valence-electron chi connectivity index (χ4n) is 2.78. The number of nitrogens with one attached hydrogen (secondary N) is 1. The molecule has 1 amide bonds. The third kappa shape index (κ3) is 4.70. The first kappa shape index (κ1) is 18.5. The number of thiazole rings is 1. The number of rotatable bonds is 8. The van der Waals surface area contributed by atoms with Gasteiger partial charge in [-0.05, 0) is 60.7 Å². The highest BCUT2D eigenvalue weighted by molar-refractivity contribution is 7.13. The molecular weight excluding hydrogens is 372 g/mol. The molecule has 1 aliphatic rings. The SMILES string of the molecule is COc1cccc(COc2ccc(-c3nc(C(=O)NCC4CC4)cs3)cc2)c1. The molecule has 0 saturated heterocycles. The molecule has 0 unspecified atom stereocenters. The molecule has 0 aliphatic heterocycles. The average molecular weight is 394 g/mol. The second-order valence-corrected chi connectivity index (χ2v) is 7.71. The van der Waals surface area contributed by atoms with Gasteiger partial charge in [0.15, 0.2) is 0 Å². The van der Waals surface area contributed by atoms with Gasteiger partial charge in [-0.15, -0.1) is 11.3 Å². The van der Waals surface area contributed by atoms with E-state index >= 15 is 0 Å². The monoisotopic (exact) mass is 394 g/mol. The van der Waals surface area contributed by atoms with E-state index in [1.54, 1.807) is 7.11 Å². The number of methoxy groups -OCH3 is 1. The molecule has 144 valence electrons. The maximum Gasteiger partial charge on any atom is 0.270 e. The van der Waals surface area contributed by atoms with E-state index in [0.29, 0.717) is 18.2 Å². The largest absolute Gasteiger partial charge is 0.497 e. The maximum atomic E-state index is 12.1. The van der Waals surface area contributed by atoms with E-state index in [4.69, 9.17) is 9.47 Å². The Balaban J connectivity index is 1.35. The first-order chi connectivity index (χ1) is 13.7. The van der Waals surface area contributed by atoms with Gasteiger partial charge < -0.3 is 14.8 Å². The Morgan fingerprint density at radius 3 is 2.75 bits per heavy atom. The summed E-state index contributed by atoms with van der Waals surface area (Å²) in [5, 5.41) is 5.59. The molecule has 28 heavy (non-hydrogen) atoms. The zero-order valence-corrected chi connectivity index (χ0v) is 16.5. The van der Waals surface area contributed by atoms with E-state index in [1.807, 2.05) is 53.9 Å². The highest BCUT2D eigenvalue weighted by Gasteiger charge is 2.22. The minimum absolute atomic E-state index is 0.0901. The molecule has 5 nitrogen and oxygen atoms in total. The van der Waals surface area contributed by atoms with Crippen molar-refractivity contribution in [1.29, 1.82) is 0 Å². The van der Waals surface area contributed by atoms with Crippen molar-refractivity contribution in [3.8, 4) is 22.1 Å². The summed E-state index contributed by atoms with van der Waals surface area (Å²) in [4.78, 5) is 16.6. The van der Waals surface area contributed by atoms with Crippen LogP contribution in [0.4, 0.5) is 0 Å². The molecule has 0 bridgehead atoms. The van der Waals surface area contributed by atoms with Gasteiger partial charge in [0.1, 0.15) is 28.8 Å². The van der Waals surface area contributed by atoms with Crippen molar-refractivity contribution in [2.75, 3.05) is 13.7 Å². The van der Waals surface area contributed by atoms with E-state index in [1.165, 1.54) is 24.2 Å². The van der Waals surface area contributed by atoms with Crippen molar-refractivity contribution in [3.63, 3.8) is 0 Å². The lowest BCUT2D eigenvalue weighted by Gasteiger charge is -2.08. The van der Waals surface area contributed by atoms with Crippen molar-refractivity contribution < 1.29 is 14.3 Å². The van der Waals surface area contributed by atoms with E-state index in [0.717, 1.165) is 34.2 Å². The molecule has 4 rings (SSSR count). The number of hydrogen-bond acceptors (Lipinski definition) is 5. The number of benzene rings is 2. The van der Waals surface area contributed by atoms with Crippen molar-refractivity contribution in [2.45, 2.75) is 19.4 Å². The summed E-state index contributed by atoms with van der Waals surface area (Å²) >= 11 is 1.47. The van der Waals surface area contributed by atoms with Crippen LogP contribution in [0.5, 0.6) is 11.5 Å². The molecule has 1 N–H and O–H groups in total. The van der Waals surface area contributed by atoms with E-state index in [-0.39, 0.29) is 5.91 Å². The van der Waals surface area contributed by atoms with Gasteiger partial charge in [-0.25, -0.2) is 4.98 Å². The van der Waals surface area contributed by atoms with Crippen molar-refractivity contribution in [1.82, 2.24) is 10.3 Å². The highest BCUT2D eigenvalue weighted by atomic mass is 32.1. The second-order valence-electron chi connectivity index (χ2n) is 6.86. The van der Waals surface area contributed by atoms with Gasteiger partial charge in [0.25, 0.3) is 5.91 Å². The lowest BCUT2D eigenvalue weighted by molar-refractivity contribution is 0.0947. The summed E-state index contributed by atoms with van der Waals surface area (Å²) in [6.07, 6.45) is 2.43. The molecule has 1 heterocycles. The maximum absolute atomic E-state index is 12.1. The standard InChI is InChI=1S/C22H22N2O3S/c1-26-19-4-2-3-16(11-19)13-27-18-9-7-17(8-10-18)22-24-20(14-28-22)21(25)23-12-15-5-6-15/h2-4,7-11,14-15H,5-6,12-13H2,1H3,(H,23,25). The topological polar surface area (TPSA) is 60.5 Å². The first-order valence-corrected chi connectivity index (χ1v) is 10.2. The summed E-state index contributed by atoms with van der Waals surface area (Å²) in [5.41, 5.74) is 2.50. The number of nitrogens with zero attached hydrogens (tertiary/aromatic N) is 1. The third-order valence-electron chi connectivity index (χ3n) is 4.63. The van der Waals surface area contributed by atoms with Crippen LogP contribution >= 0.6 is 11.3 Å². The Hall–Kier alpha value is -2.86. The van der Waals surface area contributed by atoms with Crippen LogP contribution in [0, 0.1) is 5.92 Å². The van der Waals surface area contributed by atoms with Crippen molar-refractivity contribution in [3.05, 3.63) is 65.2 Å². The van der Waals surface area contributed by atoms with Crippen LogP contribution in [0.1, 0.15) is 28.9 Å². The summed E-state index contributed by atoms with van der Waals surface area (Å²) in [5.74, 6) is 2.17. The van der Waals surface area contributed by atoms with Gasteiger partial charge in [-0.3, -0.25) is 4.79 Å². The summed E-state index contributed by atoms with van der Waals surface area (Å²) in [6.45, 7) is 1.23. The molecule has 0 atom stereocenters. The predicted molar refractivity (Wildman–Crippen MR) is 110 cm³/mol. The van der Waals surface area contributed by atoms with Gasteiger partial charge in [0.2, 0.25) is 0 Å². The van der Waals surface area contributed by atoms with E-state index < -0.39 is 0 Å². The summed E-state index contributed by atoms with van der Waals surface area (Å²) in [6, 6.07) is 15.6. The van der Waals surface area contributed by atoms with Gasteiger partial charge in [0.05, 0.1) is 7.11 Å². The predicted octanol–water partition coefficient (Wildman–Crippen LogP) is 4.54. The number of amides is 1. The van der Waals surface area contributed by atoms with Crippen LogP contribution in [0.3, 0.4) is 0 Å². The molecule has 1 aromatic heterocycles. The molecule has 6 heteroatoms. The molecule has 2 aromatic carbocycles. The first-order valence-electron chi connectivity index (χ1n) is 9.31. The van der Waals surface area contributed by atoms with Gasteiger partial charge in [0, 0.05) is 17.5 Å². The van der Waals surface area contributed by atoms with Crippen molar-refractivity contribution >= 4 is 17.2 Å². The van der Waals surface area contributed by atoms with Gasteiger partial charge >= 0.3 is 0 Å². The minimum Gasteiger partial charge on any atom is -0.497 e. The van der Waals surface area contributed by atoms with Crippen LogP contribution in [-0.2, 0) is 6.61 Å². The molecule has 0 radical (unpaired) electrons. The number of ether oxygens (including phenoxy) is 2. The number of aromatic nitrogens is 1. The molecular formula is C22H22N2O3S. The summed E-state index contributed by atoms with van der Waals surface area (Å²) in [7, 11) is 1.65. The highest BCUT2D eigenvalue weighted by Crippen LogP contribution is 2.28. The fraction of sp³-hybridized carbons (Fsp3) is 0.273. The fourth-order valence-corrected chi connectivity index (χ4v) is 3.59. The van der Waals surface area contributed by atoms with E-state index in [9.17, 15) is 4.79 Å². The molecule has 3 aromatic rings. The summed E-state index contributed by atoms with van der Waals surface area (Å²) < 4.78 is 11.1. The molecule has 0 spiro atoms. The number of carbonyl (C=O) groups is 1. The Bertz CT molecular complexity index is 948. The molecule has 1 saturated carbocycles. The quantitative estimate of drug-likeness (QED) is 0.609. The smallest absolute Gasteiger partial charge is 0.270 e. The number of carbonyl (C=O) groups excluding carboxylic acids is 1. The zero-order chi connectivity index (χ0) is 19.3. The van der Waals surface area contributed by atoms with Crippen molar-refractivity contribution in [2.24, 2.45) is 5.92 Å².